The van der Waals surface area contributed by atoms with Crippen molar-refractivity contribution < 1.29 is 18.3 Å². The fourth-order valence-corrected chi connectivity index (χ4v) is 3.09. The molecule has 2 atom stereocenters. The van der Waals surface area contributed by atoms with E-state index in [1.54, 1.807) is 6.92 Å². The molecule has 2 unspecified atom stereocenters. The summed E-state index contributed by atoms with van der Waals surface area (Å²) in [6, 6.07) is 0. The lowest BCUT2D eigenvalue weighted by Crippen LogP contribution is -2.42. The minimum absolute atomic E-state index is 0.202. The van der Waals surface area contributed by atoms with E-state index in [0.29, 0.717) is 6.42 Å². The van der Waals surface area contributed by atoms with Crippen LogP contribution in [0.2, 0.25) is 0 Å². The lowest BCUT2D eigenvalue weighted by atomic mass is 9.92. The summed E-state index contributed by atoms with van der Waals surface area (Å²) in [6.07, 6.45) is 1.79. The van der Waals surface area contributed by atoms with Crippen LogP contribution in [-0.4, -0.2) is 22.9 Å². The molecular formula is C10H17F2IO2. The van der Waals surface area contributed by atoms with Gasteiger partial charge in [0.05, 0.1) is 7.11 Å². The second-order valence-electron chi connectivity index (χ2n) is 3.43. The maximum atomic E-state index is 13.6. The first-order valence-corrected chi connectivity index (χ1v) is 6.26. The third kappa shape index (κ3) is 3.85. The molecule has 2 nitrogen and oxygen atoms in total. The van der Waals surface area contributed by atoms with Crippen LogP contribution in [0.25, 0.3) is 0 Å². The monoisotopic (exact) mass is 334 g/mol. The molecule has 90 valence electrons. The molecule has 0 heterocycles. The molecule has 0 fully saturated rings. The highest BCUT2D eigenvalue weighted by Gasteiger charge is 2.49. The first-order valence-electron chi connectivity index (χ1n) is 5.02. The molecule has 0 aromatic rings. The molecule has 0 amide bonds. The van der Waals surface area contributed by atoms with Crippen LogP contribution in [-0.2, 0) is 9.53 Å². The number of methoxy groups -OCH3 is 1. The van der Waals surface area contributed by atoms with Crippen molar-refractivity contribution in [2.24, 2.45) is 5.92 Å². The van der Waals surface area contributed by atoms with Gasteiger partial charge in [-0.05, 0) is 12.8 Å². The summed E-state index contributed by atoms with van der Waals surface area (Å²) in [4.78, 5) is 11.0. The number of ether oxygens (including phenoxy) is 1. The van der Waals surface area contributed by atoms with Crippen molar-refractivity contribution in [1.29, 1.82) is 0 Å². The molecule has 0 spiro atoms. The molecular weight excluding hydrogens is 317 g/mol. The molecule has 0 rings (SSSR count). The van der Waals surface area contributed by atoms with Crippen LogP contribution in [0.4, 0.5) is 8.78 Å². The van der Waals surface area contributed by atoms with E-state index in [1.807, 2.05) is 29.5 Å². The summed E-state index contributed by atoms with van der Waals surface area (Å²) < 4.78 is 31.1. The maximum Gasteiger partial charge on any atom is 0.377 e. The highest BCUT2D eigenvalue weighted by molar-refractivity contribution is 14.1. The molecule has 0 N–H and O–H groups in total. The topological polar surface area (TPSA) is 26.3 Å². The quantitative estimate of drug-likeness (QED) is 0.423. The van der Waals surface area contributed by atoms with Gasteiger partial charge in [-0.15, -0.1) is 0 Å². The summed E-state index contributed by atoms with van der Waals surface area (Å²) in [7, 11) is 0.991. The highest BCUT2D eigenvalue weighted by atomic mass is 127. The average Bonchev–Trinajstić information content (AvgIpc) is 2.17. The molecule has 0 saturated heterocycles. The fraction of sp³-hybridized carbons (Fsp3) is 0.900. The van der Waals surface area contributed by atoms with E-state index in [0.717, 1.165) is 13.5 Å². The Bertz CT molecular complexity index is 210. The Labute approximate surface area is 103 Å². The summed E-state index contributed by atoms with van der Waals surface area (Å²) in [6.45, 7) is 3.61. The Morgan fingerprint density at radius 3 is 2.33 bits per heavy atom. The SMILES string of the molecule is CCCC(I)C(CC)C(F)(F)C(=O)OC. The van der Waals surface area contributed by atoms with E-state index >= 15 is 0 Å². The zero-order valence-electron chi connectivity index (χ0n) is 9.23. The number of halogens is 3. The predicted octanol–water partition coefficient (Wildman–Crippen LogP) is 3.42. The number of carbonyl (C=O) groups is 1. The number of esters is 1. The highest BCUT2D eigenvalue weighted by Crippen LogP contribution is 2.36. The number of alkyl halides is 3. The van der Waals surface area contributed by atoms with E-state index in [4.69, 9.17) is 0 Å². The van der Waals surface area contributed by atoms with Gasteiger partial charge in [-0.2, -0.15) is 8.78 Å². The smallest absolute Gasteiger partial charge is 0.377 e. The number of hydrogen-bond acceptors (Lipinski definition) is 2. The number of hydrogen-bond donors (Lipinski definition) is 0. The molecule has 0 radical (unpaired) electrons. The second-order valence-corrected chi connectivity index (χ2v) is 5.03. The van der Waals surface area contributed by atoms with Gasteiger partial charge in [0.1, 0.15) is 0 Å². The van der Waals surface area contributed by atoms with Crippen molar-refractivity contribution in [2.75, 3.05) is 7.11 Å². The number of rotatable bonds is 6. The predicted molar refractivity (Wildman–Crippen MR) is 63.5 cm³/mol. The molecule has 0 bridgehead atoms. The van der Waals surface area contributed by atoms with Crippen molar-refractivity contribution in [3.63, 3.8) is 0 Å². The third-order valence-corrected chi connectivity index (χ3v) is 3.86. The van der Waals surface area contributed by atoms with Crippen molar-refractivity contribution in [3.8, 4) is 0 Å². The molecule has 0 aliphatic carbocycles. The first-order chi connectivity index (χ1) is 6.91. The normalized spacial score (nSPS) is 15.9. The van der Waals surface area contributed by atoms with Crippen molar-refractivity contribution in [2.45, 2.75) is 43.0 Å². The van der Waals surface area contributed by atoms with Gasteiger partial charge in [-0.1, -0.05) is 42.9 Å². The van der Waals surface area contributed by atoms with Gasteiger partial charge < -0.3 is 4.74 Å². The first kappa shape index (κ1) is 15.1. The Balaban J connectivity index is 4.70. The van der Waals surface area contributed by atoms with Crippen molar-refractivity contribution >= 4 is 28.6 Å². The standard InChI is InChI=1S/C10H17F2IO2/c1-4-6-8(13)7(5-2)10(11,12)9(14)15-3/h7-8H,4-6H2,1-3H3. The van der Waals surface area contributed by atoms with Gasteiger partial charge in [0.25, 0.3) is 0 Å². The Kier molecular flexibility index (Phi) is 6.63. The molecule has 0 aliphatic rings. The van der Waals surface area contributed by atoms with Crippen LogP contribution in [0.15, 0.2) is 0 Å². The third-order valence-electron chi connectivity index (χ3n) is 2.36. The molecule has 5 heteroatoms. The Morgan fingerprint density at radius 2 is 2.00 bits per heavy atom. The zero-order chi connectivity index (χ0) is 12.1. The summed E-state index contributed by atoms with van der Waals surface area (Å²) in [5.41, 5.74) is 0. The molecule has 0 aliphatic heterocycles. The van der Waals surface area contributed by atoms with E-state index in [-0.39, 0.29) is 10.3 Å². The summed E-state index contributed by atoms with van der Waals surface area (Å²) in [5, 5.41) is 0. The summed E-state index contributed by atoms with van der Waals surface area (Å²) >= 11 is 1.99. The zero-order valence-corrected chi connectivity index (χ0v) is 11.4. The lowest BCUT2D eigenvalue weighted by molar-refractivity contribution is -0.177. The van der Waals surface area contributed by atoms with Crippen LogP contribution < -0.4 is 0 Å². The second kappa shape index (κ2) is 6.60. The Morgan fingerprint density at radius 1 is 1.47 bits per heavy atom. The fourth-order valence-electron chi connectivity index (χ4n) is 1.50. The minimum atomic E-state index is -3.37. The number of carbonyl (C=O) groups excluding carboxylic acids is 1. The van der Waals surface area contributed by atoms with Gasteiger partial charge in [-0.3, -0.25) is 0 Å². The average molecular weight is 334 g/mol. The van der Waals surface area contributed by atoms with Crippen molar-refractivity contribution in [1.82, 2.24) is 0 Å². The Hall–Kier alpha value is 0.0600. The van der Waals surface area contributed by atoms with Crippen LogP contribution in [0.1, 0.15) is 33.1 Å². The van der Waals surface area contributed by atoms with Crippen LogP contribution in [0.3, 0.4) is 0 Å². The van der Waals surface area contributed by atoms with Crippen LogP contribution in [0, 0.1) is 5.92 Å². The van der Waals surface area contributed by atoms with Crippen LogP contribution in [0.5, 0.6) is 0 Å². The molecule has 15 heavy (non-hydrogen) atoms. The van der Waals surface area contributed by atoms with Gasteiger partial charge in [-0.25, -0.2) is 4.79 Å². The van der Waals surface area contributed by atoms with E-state index < -0.39 is 17.8 Å². The molecule has 0 aromatic carbocycles. The lowest BCUT2D eigenvalue weighted by Gasteiger charge is -2.27. The van der Waals surface area contributed by atoms with Gasteiger partial charge in [0.2, 0.25) is 0 Å². The van der Waals surface area contributed by atoms with Gasteiger partial charge in [0, 0.05) is 9.84 Å². The van der Waals surface area contributed by atoms with Gasteiger partial charge in [0.15, 0.2) is 0 Å². The van der Waals surface area contributed by atoms with Gasteiger partial charge >= 0.3 is 11.9 Å². The van der Waals surface area contributed by atoms with E-state index in [9.17, 15) is 13.6 Å². The molecule has 0 saturated carbocycles. The molecule has 0 aromatic heterocycles. The minimum Gasteiger partial charge on any atom is -0.465 e. The van der Waals surface area contributed by atoms with E-state index in [1.165, 1.54) is 0 Å². The van der Waals surface area contributed by atoms with E-state index in [2.05, 4.69) is 4.74 Å². The van der Waals surface area contributed by atoms with Crippen LogP contribution >= 0.6 is 22.6 Å². The van der Waals surface area contributed by atoms with Crippen molar-refractivity contribution in [3.05, 3.63) is 0 Å². The largest absolute Gasteiger partial charge is 0.465 e. The maximum absolute atomic E-state index is 13.6. The summed E-state index contributed by atoms with van der Waals surface area (Å²) in [5.74, 6) is -5.73.